The van der Waals surface area contributed by atoms with Crippen molar-refractivity contribution in [1.82, 2.24) is 0 Å². The highest BCUT2D eigenvalue weighted by Gasteiger charge is 2.22. The zero-order chi connectivity index (χ0) is 18.8. The molecule has 0 unspecified atom stereocenters. The molecule has 3 rings (SSSR count). The zero-order valence-electron chi connectivity index (χ0n) is 14.7. The Bertz CT molecular complexity index is 982. The van der Waals surface area contributed by atoms with E-state index in [1.54, 1.807) is 43.5 Å². The lowest BCUT2D eigenvalue weighted by molar-refractivity contribution is -0.136. The summed E-state index contributed by atoms with van der Waals surface area (Å²) in [7, 11) is 3.05. The van der Waals surface area contributed by atoms with Crippen LogP contribution in [0.2, 0.25) is 0 Å². The molecule has 2 aromatic carbocycles. The van der Waals surface area contributed by atoms with Crippen LogP contribution in [0.4, 0.5) is 0 Å². The first kappa shape index (κ1) is 17.5. The number of carbonyl (C=O) groups is 2. The lowest BCUT2D eigenvalue weighted by atomic mass is 10.0. The minimum absolute atomic E-state index is 0.140. The van der Waals surface area contributed by atoms with Gasteiger partial charge < -0.3 is 19.0 Å². The average molecular weight is 354 g/mol. The topological polar surface area (TPSA) is 86.0 Å². The van der Waals surface area contributed by atoms with Gasteiger partial charge in [0.15, 0.2) is 17.1 Å². The molecule has 1 N–H and O–H groups in total. The number of ketones is 1. The van der Waals surface area contributed by atoms with Crippen molar-refractivity contribution in [2.45, 2.75) is 13.3 Å². The molecule has 3 aromatic rings. The first-order valence-electron chi connectivity index (χ1n) is 7.95. The third kappa shape index (κ3) is 3.13. The molecule has 6 heteroatoms. The van der Waals surface area contributed by atoms with Crippen LogP contribution < -0.4 is 9.47 Å². The molecule has 1 aromatic heterocycles. The van der Waals surface area contributed by atoms with E-state index in [0.29, 0.717) is 44.9 Å². The van der Waals surface area contributed by atoms with E-state index in [2.05, 4.69) is 0 Å². The van der Waals surface area contributed by atoms with E-state index in [1.807, 2.05) is 0 Å². The van der Waals surface area contributed by atoms with Crippen molar-refractivity contribution < 1.29 is 28.6 Å². The quantitative estimate of drug-likeness (QED) is 0.675. The van der Waals surface area contributed by atoms with E-state index >= 15 is 0 Å². The van der Waals surface area contributed by atoms with E-state index in [1.165, 1.54) is 14.0 Å². The summed E-state index contributed by atoms with van der Waals surface area (Å²) in [6.07, 6.45) is -0.237. The molecule has 0 saturated heterocycles. The van der Waals surface area contributed by atoms with Gasteiger partial charge in [-0.25, -0.2) is 0 Å². The van der Waals surface area contributed by atoms with E-state index in [0.717, 1.165) is 0 Å². The number of benzene rings is 2. The summed E-state index contributed by atoms with van der Waals surface area (Å²) < 4.78 is 16.5. The number of carboxylic acids is 1. The molecule has 0 aliphatic heterocycles. The Hall–Kier alpha value is -3.28. The number of carboxylic acid groups (broad SMARTS) is 1. The van der Waals surface area contributed by atoms with Gasteiger partial charge in [-0.3, -0.25) is 9.59 Å². The SMILES string of the molecule is COc1ccc(-c2oc3c(OC)cc(C(C)=O)cc3c2CC(=O)O)cc1. The van der Waals surface area contributed by atoms with Crippen molar-refractivity contribution in [3.05, 3.63) is 47.5 Å². The Balaban J connectivity index is 2.30. The predicted octanol–water partition coefficient (Wildman–Crippen LogP) is 3.95. The van der Waals surface area contributed by atoms with Gasteiger partial charge in [-0.15, -0.1) is 0 Å². The van der Waals surface area contributed by atoms with Gasteiger partial charge in [0.05, 0.1) is 20.6 Å². The van der Waals surface area contributed by atoms with E-state index in [-0.39, 0.29) is 12.2 Å². The first-order chi connectivity index (χ1) is 12.4. The Labute approximate surface area is 149 Å². The molecule has 0 fully saturated rings. The van der Waals surface area contributed by atoms with Crippen molar-refractivity contribution in [1.29, 1.82) is 0 Å². The van der Waals surface area contributed by atoms with Crippen LogP contribution in [0.5, 0.6) is 11.5 Å². The predicted molar refractivity (Wildman–Crippen MR) is 96.1 cm³/mol. The Kier molecular flexibility index (Phi) is 4.67. The Morgan fingerprint density at radius 3 is 2.31 bits per heavy atom. The van der Waals surface area contributed by atoms with Crippen LogP contribution in [0.25, 0.3) is 22.3 Å². The Morgan fingerprint density at radius 1 is 1.08 bits per heavy atom. The second-order valence-corrected chi connectivity index (χ2v) is 5.82. The molecule has 0 aliphatic carbocycles. The highest BCUT2D eigenvalue weighted by atomic mass is 16.5. The van der Waals surface area contributed by atoms with Crippen LogP contribution in [0.15, 0.2) is 40.8 Å². The van der Waals surface area contributed by atoms with Gasteiger partial charge in [-0.2, -0.15) is 0 Å². The van der Waals surface area contributed by atoms with Crippen LogP contribution in [0.3, 0.4) is 0 Å². The maximum Gasteiger partial charge on any atom is 0.307 e. The van der Waals surface area contributed by atoms with Crippen LogP contribution in [0.1, 0.15) is 22.8 Å². The van der Waals surface area contributed by atoms with E-state index < -0.39 is 5.97 Å². The molecule has 0 amide bonds. The number of hydrogen-bond donors (Lipinski definition) is 1. The molecule has 134 valence electrons. The summed E-state index contributed by atoms with van der Waals surface area (Å²) in [6, 6.07) is 10.4. The fraction of sp³-hybridized carbons (Fsp3) is 0.200. The molecular weight excluding hydrogens is 336 g/mol. The molecule has 0 radical (unpaired) electrons. The summed E-state index contributed by atoms with van der Waals surface area (Å²) in [4.78, 5) is 23.2. The highest BCUT2D eigenvalue weighted by Crippen LogP contribution is 2.39. The molecule has 26 heavy (non-hydrogen) atoms. The fourth-order valence-electron chi connectivity index (χ4n) is 2.87. The summed E-state index contributed by atoms with van der Waals surface area (Å²) in [5.41, 5.74) is 2.06. The number of hydrogen-bond acceptors (Lipinski definition) is 5. The number of furan rings is 1. The standard InChI is InChI=1S/C20H18O6/c1-11(21)13-8-15-16(10-18(22)23)19(26-20(15)17(9-13)25-3)12-4-6-14(24-2)7-5-12/h4-9H,10H2,1-3H3,(H,22,23). The summed E-state index contributed by atoms with van der Waals surface area (Å²) in [5.74, 6) is 0.373. The monoisotopic (exact) mass is 354 g/mol. The number of ether oxygens (including phenoxy) is 2. The van der Waals surface area contributed by atoms with Crippen molar-refractivity contribution >= 4 is 22.7 Å². The highest BCUT2D eigenvalue weighted by molar-refractivity contribution is 6.02. The normalized spacial score (nSPS) is 10.7. The number of methoxy groups -OCH3 is 2. The van der Waals surface area contributed by atoms with Gasteiger partial charge >= 0.3 is 5.97 Å². The molecule has 0 aliphatic rings. The molecule has 0 saturated carbocycles. The lowest BCUT2D eigenvalue weighted by Gasteiger charge is -2.04. The van der Waals surface area contributed by atoms with Gasteiger partial charge in [0, 0.05) is 22.1 Å². The van der Waals surface area contributed by atoms with E-state index in [9.17, 15) is 14.7 Å². The largest absolute Gasteiger partial charge is 0.497 e. The van der Waals surface area contributed by atoms with Crippen molar-refractivity contribution in [2.75, 3.05) is 14.2 Å². The summed E-state index contributed by atoms with van der Waals surface area (Å²) >= 11 is 0. The number of aliphatic carboxylic acids is 1. The molecule has 6 nitrogen and oxygen atoms in total. The Morgan fingerprint density at radius 2 is 1.77 bits per heavy atom. The second-order valence-electron chi connectivity index (χ2n) is 5.82. The maximum absolute atomic E-state index is 11.8. The van der Waals surface area contributed by atoms with E-state index in [4.69, 9.17) is 13.9 Å². The van der Waals surface area contributed by atoms with Gasteiger partial charge in [-0.05, 0) is 43.3 Å². The summed E-state index contributed by atoms with van der Waals surface area (Å²) in [5, 5.41) is 9.90. The fourth-order valence-corrected chi connectivity index (χ4v) is 2.87. The van der Waals surface area contributed by atoms with Crippen LogP contribution in [-0.2, 0) is 11.2 Å². The second kappa shape index (κ2) is 6.92. The van der Waals surface area contributed by atoms with Crippen molar-refractivity contribution in [2.24, 2.45) is 0 Å². The molecule has 1 heterocycles. The summed E-state index contributed by atoms with van der Waals surface area (Å²) in [6.45, 7) is 1.45. The number of Topliss-reactive ketones (excluding diaryl/α,β-unsaturated/α-hetero) is 1. The van der Waals surface area contributed by atoms with Crippen LogP contribution >= 0.6 is 0 Å². The molecular formula is C20H18O6. The van der Waals surface area contributed by atoms with Gasteiger partial charge in [0.2, 0.25) is 0 Å². The first-order valence-corrected chi connectivity index (χ1v) is 7.95. The van der Waals surface area contributed by atoms with Gasteiger partial charge in [-0.1, -0.05) is 0 Å². The third-order valence-corrected chi connectivity index (χ3v) is 4.16. The molecule has 0 spiro atoms. The number of fused-ring (bicyclic) bond motifs is 1. The maximum atomic E-state index is 11.8. The lowest BCUT2D eigenvalue weighted by Crippen LogP contribution is -2.01. The minimum Gasteiger partial charge on any atom is -0.497 e. The number of carbonyl (C=O) groups excluding carboxylic acids is 1. The minimum atomic E-state index is -0.991. The van der Waals surface area contributed by atoms with Gasteiger partial charge in [0.25, 0.3) is 0 Å². The molecule has 0 bridgehead atoms. The van der Waals surface area contributed by atoms with Crippen molar-refractivity contribution in [3.8, 4) is 22.8 Å². The molecule has 0 atom stereocenters. The third-order valence-electron chi connectivity index (χ3n) is 4.16. The zero-order valence-corrected chi connectivity index (χ0v) is 14.7. The number of rotatable bonds is 6. The van der Waals surface area contributed by atoms with Gasteiger partial charge in [0.1, 0.15) is 11.5 Å². The average Bonchev–Trinajstić information content (AvgIpc) is 2.98. The van der Waals surface area contributed by atoms with Crippen LogP contribution in [-0.4, -0.2) is 31.1 Å². The smallest absolute Gasteiger partial charge is 0.307 e. The van der Waals surface area contributed by atoms with Crippen molar-refractivity contribution in [3.63, 3.8) is 0 Å². The van der Waals surface area contributed by atoms with Crippen LogP contribution in [0, 0.1) is 0 Å².